The minimum absolute atomic E-state index is 0.0512. The molecule has 1 amide bonds. The molecule has 21 heavy (non-hydrogen) atoms. The maximum absolute atomic E-state index is 11.7. The number of nitrogens with zero attached hydrogens (tertiary/aromatic N) is 3. The highest BCUT2D eigenvalue weighted by Crippen LogP contribution is 2.41. The van der Waals surface area contributed by atoms with Gasteiger partial charge in [0, 0.05) is 32.7 Å². The summed E-state index contributed by atoms with van der Waals surface area (Å²) in [5.74, 6) is 0.331. The first-order chi connectivity index (χ1) is 9.92. The minimum atomic E-state index is -0.819. The minimum Gasteiger partial charge on any atom is -0.465 e. The van der Waals surface area contributed by atoms with Crippen LogP contribution in [0.15, 0.2) is 11.4 Å². The molecule has 0 radical (unpaired) electrons. The van der Waals surface area contributed by atoms with Crippen LogP contribution in [0.5, 0.6) is 0 Å². The molecule has 0 aromatic heterocycles. The molecular formula is C16H31N3O2. The van der Waals surface area contributed by atoms with Crippen molar-refractivity contribution in [2.24, 2.45) is 5.92 Å². The molecule has 0 spiro atoms. The van der Waals surface area contributed by atoms with Crippen molar-refractivity contribution in [3.05, 3.63) is 11.4 Å². The molecule has 0 aromatic carbocycles. The molecule has 1 rings (SSSR count). The number of likely N-dealkylation sites (N-methyl/N-ethyl adjacent to an activating group) is 2. The Kier molecular flexibility index (Phi) is 6.37. The molecule has 0 saturated heterocycles. The third kappa shape index (κ3) is 3.83. The number of amides is 1. The third-order valence-corrected chi connectivity index (χ3v) is 4.02. The van der Waals surface area contributed by atoms with Crippen LogP contribution in [0.4, 0.5) is 4.79 Å². The van der Waals surface area contributed by atoms with Crippen LogP contribution >= 0.6 is 0 Å². The first-order valence-corrected chi connectivity index (χ1v) is 8.16. The number of hydrogen-bond acceptors (Lipinski definition) is 3. The lowest BCUT2D eigenvalue weighted by Gasteiger charge is -2.26. The Bertz CT molecular complexity index is 363. The SMILES string of the molecule is CCN(CC)C1=C(N(CC)CC)C1N(CC(C)C)C(=O)O. The van der Waals surface area contributed by atoms with E-state index in [1.165, 1.54) is 11.4 Å². The first-order valence-electron chi connectivity index (χ1n) is 8.16. The van der Waals surface area contributed by atoms with Gasteiger partial charge in [-0.15, -0.1) is 0 Å². The highest BCUT2D eigenvalue weighted by Gasteiger charge is 2.48. The molecule has 0 unspecified atom stereocenters. The number of hydrogen-bond donors (Lipinski definition) is 1. The van der Waals surface area contributed by atoms with Crippen molar-refractivity contribution in [1.29, 1.82) is 0 Å². The molecule has 0 heterocycles. The fourth-order valence-corrected chi connectivity index (χ4v) is 2.97. The lowest BCUT2D eigenvalue weighted by Crippen LogP contribution is -2.40. The van der Waals surface area contributed by atoms with E-state index >= 15 is 0 Å². The lowest BCUT2D eigenvalue weighted by molar-refractivity contribution is 0.131. The number of carbonyl (C=O) groups is 1. The molecular weight excluding hydrogens is 266 g/mol. The van der Waals surface area contributed by atoms with Gasteiger partial charge in [0.1, 0.15) is 6.04 Å². The smallest absolute Gasteiger partial charge is 0.408 e. The Morgan fingerprint density at radius 2 is 1.38 bits per heavy atom. The van der Waals surface area contributed by atoms with E-state index in [0.717, 1.165) is 26.2 Å². The molecule has 1 N–H and O–H groups in total. The topological polar surface area (TPSA) is 47.0 Å². The van der Waals surface area contributed by atoms with Gasteiger partial charge >= 0.3 is 6.09 Å². The summed E-state index contributed by atoms with van der Waals surface area (Å²) in [4.78, 5) is 17.8. The van der Waals surface area contributed by atoms with Crippen LogP contribution in [-0.2, 0) is 0 Å². The van der Waals surface area contributed by atoms with E-state index in [1.807, 2.05) is 0 Å². The van der Waals surface area contributed by atoms with Crippen molar-refractivity contribution >= 4 is 6.09 Å². The van der Waals surface area contributed by atoms with Gasteiger partial charge in [0.05, 0.1) is 11.4 Å². The van der Waals surface area contributed by atoms with Crippen molar-refractivity contribution < 1.29 is 9.90 Å². The van der Waals surface area contributed by atoms with Crippen LogP contribution in [0.25, 0.3) is 0 Å². The van der Waals surface area contributed by atoms with E-state index in [4.69, 9.17) is 0 Å². The number of rotatable bonds is 9. The van der Waals surface area contributed by atoms with Crippen LogP contribution in [-0.4, -0.2) is 64.7 Å². The van der Waals surface area contributed by atoms with Gasteiger partial charge in [-0.1, -0.05) is 13.8 Å². The zero-order chi connectivity index (χ0) is 16.2. The highest BCUT2D eigenvalue weighted by molar-refractivity contribution is 5.69. The average Bonchev–Trinajstić information content (AvgIpc) is 3.13. The second-order valence-corrected chi connectivity index (χ2v) is 5.85. The van der Waals surface area contributed by atoms with Crippen LogP contribution in [0.1, 0.15) is 41.5 Å². The van der Waals surface area contributed by atoms with Crippen molar-refractivity contribution in [2.75, 3.05) is 32.7 Å². The van der Waals surface area contributed by atoms with Crippen molar-refractivity contribution in [3.8, 4) is 0 Å². The second-order valence-electron chi connectivity index (χ2n) is 5.85. The van der Waals surface area contributed by atoms with Gasteiger partial charge in [-0.2, -0.15) is 0 Å². The van der Waals surface area contributed by atoms with Gasteiger partial charge in [0.25, 0.3) is 0 Å². The summed E-state index contributed by atoms with van der Waals surface area (Å²) < 4.78 is 0. The monoisotopic (exact) mass is 297 g/mol. The molecule has 0 atom stereocenters. The van der Waals surface area contributed by atoms with Crippen molar-refractivity contribution in [1.82, 2.24) is 14.7 Å². The maximum Gasteiger partial charge on any atom is 0.408 e. The molecule has 0 fully saturated rings. The molecule has 0 aliphatic heterocycles. The maximum atomic E-state index is 11.7. The van der Waals surface area contributed by atoms with Gasteiger partial charge < -0.3 is 14.9 Å². The van der Waals surface area contributed by atoms with Crippen molar-refractivity contribution in [2.45, 2.75) is 47.6 Å². The quantitative estimate of drug-likeness (QED) is 0.711. The zero-order valence-corrected chi connectivity index (χ0v) is 14.4. The van der Waals surface area contributed by atoms with Gasteiger partial charge in [0.15, 0.2) is 0 Å². The molecule has 1 aliphatic rings. The lowest BCUT2D eigenvalue weighted by atomic mass is 10.2. The molecule has 0 aromatic rings. The molecule has 5 heteroatoms. The predicted molar refractivity (Wildman–Crippen MR) is 86.2 cm³/mol. The van der Waals surface area contributed by atoms with E-state index in [2.05, 4.69) is 51.3 Å². The molecule has 0 saturated carbocycles. The van der Waals surface area contributed by atoms with E-state index in [1.54, 1.807) is 4.90 Å². The van der Waals surface area contributed by atoms with Crippen molar-refractivity contribution in [3.63, 3.8) is 0 Å². The standard InChI is InChI=1S/C16H31N3O2/c1-7-17(8-2)13-14(18(9-3)10-4)15(13)19(16(20)21)11-12(5)6/h12,15H,7-11H2,1-6H3,(H,20,21). The summed E-state index contributed by atoms with van der Waals surface area (Å²) in [5.41, 5.74) is 2.40. The Hall–Kier alpha value is -1.39. The Labute approximate surface area is 129 Å². The second kappa shape index (κ2) is 7.57. The molecule has 5 nitrogen and oxygen atoms in total. The van der Waals surface area contributed by atoms with Gasteiger partial charge in [0.2, 0.25) is 0 Å². The first kappa shape index (κ1) is 17.7. The Morgan fingerprint density at radius 1 is 1.00 bits per heavy atom. The fourth-order valence-electron chi connectivity index (χ4n) is 2.97. The average molecular weight is 297 g/mol. The fraction of sp³-hybridized carbons (Fsp3) is 0.812. The van der Waals surface area contributed by atoms with Crippen LogP contribution in [0.2, 0.25) is 0 Å². The van der Waals surface area contributed by atoms with Gasteiger partial charge in [-0.3, -0.25) is 4.90 Å². The van der Waals surface area contributed by atoms with E-state index < -0.39 is 6.09 Å². The van der Waals surface area contributed by atoms with Crippen LogP contribution in [0.3, 0.4) is 0 Å². The summed E-state index contributed by atoms with van der Waals surface area (Å²) in [5, 5.41) is 9.58. The zero-order valence-electron chi connectivity index (χ0n) is 14.4. The summed E-state index contributed by atoms with van der Waals surface area (Å²) >= 11 is 0. The molecule has 122 valence electrons. The third-order valence-electron chi connectivity index (χ3n) is 4.02. The van der Waals surface area contributed by atoms with Gasteiger partial charge in [-0.05, 0) is 33.6 Å². The van der Waals surface area contributed by atoms with E-state index in [0.29, 0.717) is 12.5 Å². The summed E-state index contributed by atoms with van der Waals surface area (Å²) in [6.07, 6.45) is -0.819. The van der Waals surface area contributed by atoms with Gasteiger partial charge in [-0.25, -0.2) is 4.79 Å². The Balaban J connectivity index is 3.03. The summed E-state index contributed by atoms with van der Waals surface area (Å²) in [7, 11) is 0. The Morgan fingerprint density at radius 3 is 1.62 bits per heavy atom. The molecule has 0 bridgehead atoms. The normalized spacial score (nSPS) is 14.6. The highest BCUT2D eigenvalue weighted by atomic mass is 16.4. The van der Waals surface area contributed by atoms with E-state index in [9.17, 15) is 9.90 Å². The summed E-state index contributed by atoms with van der Waals surface area (Å²) in [6.45, 7) is 16.9. The van der Waals surface area contributed by atoms with E-state index in [-0.39, 0.29) is 6.04 Å². The van der Waals surface area contributed by atoms with Crippen LogP contribution in [0, 0.1) is 5.92 Å². The predicted octanol–water partition coefficient (Wildman–Crippen LogP) is 2.90. The number of carboxylic acid groups (broad SMARTS) is 1. The van der Waals surface area contributed by atoms with Crippen LogP contribution < -0.4 is 0 Å². The largest absolute Gasteiger partial charge is 0.465 e. The summed E-state index contributed by atoms with van der Waals surface area (Å²) in [6, 6.07) is -0.0512. The molecule has 1 aliphatic carbocycles.